The molecule has 2 atom stereocenters. The molecule has 0 aromatic heterocycles. The van der Waals surface area contributed by atoms with E-state index in [1.54, 1.807) is 0 Å². The Balaban J connectivity index is 0.000000243. The van der Waals surface area contributed by atoms with Crippen molar-refractivity contribution in [1.82, 2.24) is 10.6 Å². The fraction of sp³-hybridized carbons (Fsp3) is 0.778. The molecule has 0 radical (unpaired) electrons. The summed E-state index contributed by atoms with van der Waals surface area (Å²) in [6, 6.07) is 0. The Kier molecular flexibility index (Phi) is 9.64. The van der Waals surface area contributed by atoms with Crippen molar-refractivity contribution >= 4 is 11.8 Å². The maximum absolute atomic E-state index is 11.4. The van der Waals surface area contributed by atoms with Crippen LogP contribution in [0.1, 0.15) is 52.4 Å². The first-order valence-corrected chi connectivity index (χ1v) is 9.06. The number of aliphatic hydroxyl groups excluding tert-OH is 2. The minimum Gasteiger partial charge on any atom is -0.390 e. The molecule has 0 aliphatic heterocycles. The highest BCUT2D eigenvalue weighted by atomic mass is 16.3. The van der Waals surface area contributed by atoms with E-state index in [1.165, 1.54) is 0 Å². The van der Waals surface area contributed by atoms with E-state index in [2.05, 4.69) is 29.7 Å². The molecule has 2 aliphatic rings. The highest BCUT2D eigenvalue weighted by Crippen LogP contribution is 2.25. The van der Waals surface area contributed by atoms with Gasteiger partial charge in [-0.05, 0) is 38.5 Å². The van der Waals surface area contributed by atoms with Gasteiger partial charge in [-0.15, -0.1) is 0 Å². The molecule has 2 amide bonds. The van der Waals surface area contributed by atoms with E-state index in [-0.39, 0.29) is 23.7 Å². The summed E-state index contributed by atoms with van der Waals surface area (Å²) in [7, 11) is 0. The van der Waals surface area contributed by atoms with Gasteiger partial charge in [0.25, 0.3) is 0 Å². The number of hydrogen-bond donors (Lipinski definition) is 4. The van der Waals surface area contributed by atoms with Crippen LogP contribution in [0.25, 0.3) is 0 Å². The van der Waals surface area contributed by atoms with Gasteiger partial charge in [-0.25, -0.2) is 0 Å². The fourth-order valence-corrected chi connectivity index (χ4v) is 2.82. The molecule has 6 heteroatoms. The number of aliphatic hydroxyl groups is 2. The number of carbonyl (C=O) groups is 2. The molecular weight excluding hydrogens is 308 g/mol. The van der Waals surface area contributed by atoms with Gasteiger partial charge in [0.05, 0.1) is 12.2 Å². The Bertz CT molecular complexity index is 407. The zero-order chi connectivity index (χ0) is 17.9. The van der Waals surface area contributed by atoms with Crippen molar-refractivity contribution in [2.45, 2.75) is 64.6 Å². The molecule has 24 heavy (non-hydrogen) atoms. The molecule has 0 saturated heterocycles. The van der Waals surface area contributed by atoms with Crippen LogP contribution < -0.4 is 10.6 Å². The third-order valence-corrected chi connectivity index (χ3v) is 4.34. The van der Waals surface area contributed by atoms with Gasteiger partial charge in [0.1, 0.15) is 0 Å². The molecule has 0 aromatic carbocycles. The topological polar surface area (TPSA) is 98.7 Å². The largest absolute Gasteiger partial charge is 0.390 e. The Hall–Kier alpha value is -1.40. The van der Waals surface area contributed by atoms with Gasteiger partial charge in [0.2, 0.25) is 11.8 Å². The summed E-state index contributed by atoms with van der Waals surface area (Å²) < 4.78 is 0. The Morgan fingerprint density at radius 3 is 1.71 bits per heavy atom. The summed E-state index contributed by atoms with van der Waals surface area (Å²) in [5.41, 5.74) is 0. The number of nitrogens with one attached hydrogen (secondary N) is 2. The van der Waals surface area contributed by atoms with Crippen molar-refractivity contribution in [1.29, 1.82) is 0 Å². The van der Waals surface area contributed by atoms with Crippen molar-refractivity contribution in [3.63, 3.8) is 0 Å². The summed E-state index contributed by atoms with van der Waals surface area (Å²) in [6.07, 6.45) is 7.26. The molecule has 6 nitrogen and oxygen atoms in total. The van der Waals surface area contributed by atoms with E-state index in [0.717, 1.165) is 32.2 Å². The van der Waals surface area contributed by atoms with Gasteiger partial charge in [0.15, 0.2) is 0 Å². The lowest BCUT2D eigenvalue weighted by molar-refractivity contribution is -0.125. The first kappa shape index (κ1) is 20.6. The van der Waals surface area contributed by atoms with Gasteiger partial charge >= 0.3 is 0 Å². The lowest BCUT2D eigenvalue weighted by atomic mass is 10.1. The second-order valence-corrected chi connectivity index (χ2v) is 6.52. The second-order valence-electron chi connectivity index (χ2n) is 6.52. The number of rotatable bonds is 6. The average molecular weight is 340 g/mol. The van der Waals surface area contributed by atoms with Crippen LogP contribution in [0.4, 0.5) is 0 Å². The lowest BCUT2D eigenvalue weighted by Gasteiger charge is -2.08. The van der Waals surface area contributed by atoms with Crippen molar-refractivity contribution < 1.29 is 19.8 Å². The maximum atomic E-state index is 11.4. The third kappa shape index (κ3) is 7.01. The quantitative estimate of drug-likeness (QED) is 0.545. The van der Waals surface area contributed by atoms with Crippen LogP contribution in [0, 0.1) is 11.8 Å². The molecule has 0 heterocycles. The van der Waals surface area contributed by atoms with Gasteiger partial charge < -0.3 is 20.8 Å². The van der Waals surface area contributed by atoms with E-state index in [0.29, 0.717) is 19.4 Å². The van der Waals surface area contributed by atoms with E-state index in [4.69, 9.17) is 0 Å². The van der Waals surface area contributed by atoms with Crippen LogP contribution in [0.5, 0.6) is 0 Å². The molecular formula is C18H32N2O4. The summed E-state index contributed by atoms with van der Waals surface area (Å²) in [5.74, 6) is 0.187. The Morgan fingerprint density at radius 2 is 1.29 bits per heavy atom. The second kappa shape index (κ2) is 11.2. The van der Waals surface area contributed by atoms with Crippen LogP contribution in [-0.4, -0.2) is 47.3 Å². The zero-order valence-electron chi connectivity index (χ0n) is 14.8. The molecule has 0 bridgehead atoms. The van der Waals surface area contributed by atoms with Crippen molar-refractivity contribution in [2.75, 3.05) is 13.1 Å². The first-order chi connectivity index (χ1) is 11.5. The normalized spacial score (nSPS) is 25.9. The van der Waals surface area contributed by atoms with Crippen LogP contribution >= 0.6 is 0 Å². The monoisotopic (exact) mass is 340 g/mol. The molecule has 0 spiro atoms. The van der Waals surface area contributed by atoms with E-state index in [1.807, 2.05) is 6.92 Å². The molecule has 1 fully saturated rings. The van der Waals surface area contributed by atoms with Gasteiger partial charge in [0, 0.05) is 24.9 Å². The maximum Gasteiger partial charge on any atom is 0.223 e. The minimum absolute atomic E-state index is 0.0440. The van der Waals surface area contributed by atoms with Gasteiger partial charge in [-0.2, -0.15) is 0 Å². The van der Waals surface area contributed by atoms with Crippen molar-refractivity contribution in [2.24, 2.45) is 11.8 Å². The standard InChI is InChI=1S/C9H17NO3.C9H15NO/c1-2-3-10-9(13)6-4-7(11)8(12)5-6;1-2-7-10-9(11)8-5-3-4-6-8/h6-8,11-12H,2-5H2,1H3,(H,10,13);3-4,8H,2,5-7H2,1H3,(H,10,11). The number of amides is 2. The minimum atomic E-state index is -0.725. The highest BCUT2D eigenvalue weighted by molar-refractivity contribution is 5.79. The van der Waals surface area contributed by atoms with Crippen molar-refractivity contribution in [3.05, 3.63) is 12.2 Å². The van der Waals surface area contributed by atoms with E-state index in [9.17, 15) is 19.8 Å². The summed E-state index contributed by atoms with van der Waals surface area (Å²) in [4.78, 5) is 22.6. The Labute approximate surface area is 144 Å². The van der Waals surface area contributed by atoms with E-state index >= 15 is 0 Å². The SMILES string of the molecule is CCCNC(=O)C1CC(O)C(O)C1.CCCNC(=O)C1CC=CC1. The zero-order valence-corrected chi connectivity index (χ0v) is 14.8. The number of hydrogen-bond acceptors (Lipinski definition) is 4. The highest BCUT2D eigenvalue weighted by Gasteiger charge is 2.35. The Morgan fingerprint density at radius 1 is 0.875 bits per heavy atom. The first-order valence-electron chi connectivity index (χ1n) is 9.06. The molecule has 1 saturated carbocycles. The third-order valence-electron chi connectivity index (χ3n) is 4.34. The average Bonchev–Trinajstić information content (AvgIpc) is 3.22. The van der Waals surface area contributed by atoms with E-state index < -0.39 is 12.2 Å². The molecule has 2 aliphatic carbocycles. The fourth-order valence-electron chi connectivity index (χ4n) is 2.82. The van der Waals surface area contributed by atoms with Gasteiger partial charge in [-0.3, -0.25) is 9.59 Å². The lowest BCUT2D eigenvalue weighted by Crippen LogP contribution is -2.30. The predicted octanol–water partition coefficient (Wildman–Crippen LogP) is 1.12. The van der Waals surface area contributed by atoms with Crippen LogP contribution in [0.15, 0.2) is 12.2 Å². The predicted molar refractivity (Wildman–Crippen MR) is 93.2 cm³/mol. The van der Waals surface area contributed by atoms with Gasteiger partial charge in [-0.1, -0.05) is 26.0 Å². The molecule has 2 unspecified atom stereocenters. The number of carbonyl (C=O) groups excluding carboxylic acids is 2. The summed E-state index contributed by atoms with van der Waals surface area (Å²) >= 11 is 0. The molecule has 138 valence electrons. The smallest absolute Gasteiger partial charge is 0.223 e. The summed E-state index contributed by atoms with van der Waals surface area (Å²) in [5, 5.41) is 24.1. The molecule has 2 rings (SSSR count). The van der Waals surface area contributed by atoms with Crippen molar-refractivity contribution in [3.8, 4) is 0 Å². The summed E-state index contributed by atoms with van der Waals surface area (Å²) in [6.45, 7) is 5.53. The van der Waals surface area contributed by atoms with Crippen LogP contribution in [-0.2, 0) is 9.59 Å². The number of allylic oxidation sites excluding steroid dienone is 2. The van der Waals surface area contributed by atoms with Crippen LogP contribution in [0.2, 0.25) is 0 Å². The molecule has 4 N–H and O–H groups in total. The molecule has 0 aromatic rings. The van der Waals surface area contributed by atoms with Crippen LogP contribution in [0.3, 0.4) is 0 Å².